The Hall–Kier alpha value is -4.04. The molecule has 0 fully saturated rings. The van der Waals surface area contributed by atoms with Crippen molar-refractivity contribution >= 4 is 34.9 Å². The molecule has 3 N–H and O–H groups in total. The number of hydrogen-bond acceptors (Lipinski definition) is 4. The van der Waals surface area contributed by atoms with E-state index < -0.39 is 17.6 Å². The minimum absolute atomic E-state index is 0.271. The van der Waals surface area contributed by atoms with Crippen molar-refractivity contribution < 1.29 is 14.0 Å². The summed E-state index contributed by atoms with van der Waals surface area (Å²) >= 11 is 1.56. The molecule has 0 radical (unpaired) electrons. The number of aromatic nitrogens is 2. The van der Waals surface area contributed by atoms with Crippen molar-refractivity contribution in [3.05, 3.63) is 101 Å². The lowest BCUT2D eigenvalue weighted by molar-refractivity contribution is -0.111. The second kappa shape index (κ2) is 9.40. The predicted molar refractivity (Wildman–Crippen MR) is 124 cm³/mol. The van der Waals surface area contributed by atoms with Gasteiger partial charge in [0.25, 0.3) is 5.91 Å². The molecule has 0 unspecified atom stereocenters. The molecule has 0 saturated heterocycles. The van der Waals surface area contributed by atoms with Gasteiger partial charge in [-0.25, -0.2) is 4.39 Å². The van der Waals surface area contributed by atoms with Crippen LogP contribution in [-0.4, -0.2) is 21.6 Å². The highest BCUT2D eigenvalue weighted by Gasteiger charge is 2.12. The number of nitrogens with two attached hydrogens (primary N) is 1. The van der Waals surface area contributed by atoms with Gasteiger partial charge < -0.3 is 11.1 Å². The second-order valence-corrected chi connectivity index (χ2v) is 7.92. The summed E-state index contributed by atoms with van der Waals surface area (Å²) in [5, 5.41) is 9.28. The number of halogens is 1. The maximum absolute atomic E-state index is 13.6. The smallest absolute Gasteiger partial charge is 0.251 e. The van der Waals surface area contributed by atoms with Gasteiger partial charge >= 0.3 is 0 Å². The molecule has 0 saturated carbocycles. The number of hydrogen-bond donors (Lipinski definition) is 2. The van der Waals surface area contributed by atoms with Crippen LogP contribution >= 0.6 is 11.3 Å². The number of carbonyl (C=O) groups excluding carboxylic acids is 2. The Morgan fingerprint density at radius 1 is 1.12 bits per heavy atom. The molecule has 2 aromatic heterocycles. The minimum Gasteiger partial charge on any atom is -0.366 e. The number of anilines is 1. The standard InChI is InChI=1S/C24H19FN4O2S/c25-20-10-9-18(13-19(20)24(26)31)27-22(30)11-8-17-15-29(14-16-5-2-1-3-6-16)28-23(17)21-7-4-12-32-21/h1-13,15H,14H2,(H2,26,31)(H,27,30)/b11-8+. The fraction of sp³-hybridized carbons (Fsp3) is 0.0417. The van der Waals surface area contributed by atoms with Crippen molar-refractivity contribution in [3.8, 4) is 10.6 Å². The third-order valence-electron chi connectivity index (χ3n) is 4.65. The zero-order valence-electron chi connectivity index (χ0n) is 16.9. The molecular weight excluding hydrogens is 427 g/mol. The van der Waals surface area contributed by atoms with Gasteiger partial charge in [0, 0.05) is 23.5 Å². The average molecular weight is 447 g/mol. The van der Waals surface area contributed by atoms with Crippen LogP contribution in [0.2, 0.25) is 0 Å². The number of benzene rings is 2. The zero-order chi connectivity index (χ0) is 22.5. The highest BCUT2D eigenvalue weighted by atomic mass is 32.1. The first kappa shape index (κ1) is 21.2. The van der Waals surface area contributed by atoms with Gasteiger partial charge in [-0.05, 0) is 41.3 Å². The summed E-state index contributed by atoms with van der Waals surface area (Å²) in [4.78, 5) is 24.7. The van der Waals surface area contributed by atoms with Gasteiger partial charge in [0.1, 0.15) is 11.5 Å². The Balaban J connectivity index is 1.55. The van der Waals surface area contributed by atoms with E-state index in [1.807, 2.05) is 58.7 Å². The van der Waals surface area contributed by atoms with E-state index in [2.05, 4.69) is 5.32 Å². The Morgan fingerprint density at radius 2 is 1.94 bits per heavy atom. The number of amides is 2. The van der Waals surface area contributed by atoms with Crippen LogP contribution in [-0.2, 0) is 11.3 Å². The molecular formula is C24H19FN4O2S. The summed E-state index contributed by atoms with van der Waals surface area (Å²) in [7, 11) is 0. The highest BCUT2D eigenvalue weighted by molar-refractivity contribution is 7.13. The van der Waals surface area contributed by atoms with Crippen LogP contribution in [0.15, 0.2) is 78.3 Å². The molecule has 8 heteroatoms. The molecule has 0 spiro atoms. The predicted octanol–water partition coefficient (Wildman–Crippen LogP) is 4.55. The lowest BCUT2D eigenvalue weighted by atomic mass is 10.1. The summed E-state index contributed by atoms with van der Waals surface area (Å²) in [6.07, 6.45) is 4.93. The molecule has 0 aliphatic heterocycles. The van der Waals surface area contributed by atoms with Gasteiger partial charge in [-0.1, -0.05) is 36.4 Å². The molecule has 4 rings (SSSR count). The normalized spacial score (nSPS) is 11.0. The fourth-order valence-corrected chi connectivity index (χ4v) is 3.89. The van der Waals surface area contributed by atoms with Crippen LogP contribution in [0, 0.1) is 5.82 Å². The maximum Gasteiger partial charge on any atom is 0.251 e. The molecule has 2 aromatic carbocycles. The molecule has 160 valence electrons. The van der Waals surface area contributed by atoms with Crippen LogP contribution in [0.4, 0.5) is 10.1 Å². The Kier molecular flexibility index (Phi) is 6.23. The van der Waals surface area contributed by atoms with E-state index in [0.29, 0.717) is 6.54 Å². The maximum atomic E-state index is 13.6. The Bertz CT molecular complexity index is 1280. The van der Waals surface area contributed by atoms with Crippen molar-refractivity contribution in [3.63, 3.8) is 0 Å². The summed E-state index contributed by atoms with van der Waals surface area (Å²) in [5.41, 5.74) is 7.82. The number of thiophene rings is 1. The number of nitrogens with zero attached hydrogens (tertiary/aromatic N) is 2. The number of rotatable bonds is 7. The molecule has 2 heterocycles. The quantitative estimate of drug-likeness (QED) is 0.408. The highest BCUT2D eigenvalue weighted by Crippen LogP contribution is 2.28. The van der Waals surface area contributed by atoms with E-state index >= 15 is 0 Å². The summed E-state index contributed by atoms with van der Waals surface area (Å²) < 4.78 is 15.5. The van der Waals surface area contributed by atoms with E-state index in [1.165, 1.54) is 18.2 Å². The number of primary amides is 1. The lowest BCUT2D eigenvalue weighted by Crippen LogP contribution is -2.14. The van der Waals surface area contributed by atoms with Gasteiger partial charge in [-0.3, -0.25) is 14.3 Å². The minimum atomic E-state index is -0.902. The van der Waals surface area contributed by atoms with E-state index in [1.54, 1.807) is 17.4 Å². The topological polar surface area (TPSA) is 90.0 Å². The summed E-state index contributed by atoms with van der Waals surface area (Å²) in [6.45, 7) is 0.602. The van der Waals surface area contributed by atoms with E-state index in [9.17, 15) is 14.0 Å². The van der Waals surface area contributed by atoms with Crippen LogP contribution in [0.1, 0.15) is 21.5 Å². The molecule has 6 nitrogen and oxygen atoms in total. The third-order valence-corrected chi connectivity index (χ3v) is 5.52. The first-order valence-electron chi connectivity index (χ1n) is 9.73. The molecule has 0 atom stereocenters. The van der Waals surface area contributed by atoms with E-state index in [4.69, 9.17) is 10.8 Å². The Labute approximate surface area is 187 Å². The van der Waals surface area contributed by atoms with E-state index in [-0.39, 0.29) is 11.3 Å². The van der Waals surface area contributed by atoms with Gasteiger partial charge in [0.05, 0.1) is 17.0 Å². The summed E-state index contributed by atoms with van der Waals surface area (Å²) in [5.74, 6) is -2.07. The van der Waals surface area contributed by atoms with Gasteiger partial charge in [-0.15, -0.1) is 11.3 Å². The van der Waals surface area contributed by atoms with Crippen LogP contribution in [0.25, 0.3) is 16.6 Å². The largest absolute Gasteiger partial charge is 0.366 e. The van der Waals surface area contributed by atoms with E-state index in [0.717, 1.165) is 27.8 Å². The monoisotopic (exact) mass is 446 g/mol. The van der Waals surface area contributed by atoms with Gasteiger partial charge in [0.15, 0.2) is 0 Å². The third kappa shape index (κ3) is 4.98. The number of nitrogens with one attached hydrogen (secondary N) is 1. The fourth-order valence-electron chi connectivity index (χ4n) is 3.16. The first-order chi connectivity index (χ1) is 15.5. The van der Waals surface area contributed by atoms with Crippen molar-refractivity contribution in [2.75, 3.05) is 5.32 Å². The van der Waals surface area contributed by atoms with Gasteiger partial charge in [0.2, 0.25) is 5.91 Å². The lowest BCUT2D eigenvalue weighted by Gasteiger charge is -2.04. The molecule has 0 aliphatic carbocycles. The SMILES string of the molecule is NC(=O)c1cc(NC(=O)/C=C/c2cn(Cc3ccccc3)nc2-c2cccs2)ccc1F. The first-order valence-corrected chi connectivity index (χ1v) is 10.6. The Morgan fingerprint density at radius 3 is 2.66 bits per heavy atom. The van der Waals surface area contributed by atoms with Crippen molar-refractivity contribution in [2.45, 2.75) is 6.54 Å². The average Bonchev–Trinajstić information content (AvgIpc) is 3.44. The van der Waals surface area contributed by atoms with Gasteiger partial charge in [-0.2, -0.15) is 5.10 Å². The molecule has 2 amide bonds. The van der Waals surface area contributed by atoms with Crippen LogP contribution in [0.5, 0.6) is 0 Å². The number of carbonyl (C=O) groups is 2. The van der Waals surface area contributed by atoms with Crippen molar-refractivity contribution in [1.29, 1.82) is 0 Å². The molecule has 32 heavy (non-hydrogen) atoms. The molecule has 4 aromatic rings. The molecule has 0 bridgehead atoms. The van der Waals surface area contributed by atoms with Crippen molar-refractivity contribution in [2.24, 2.45) is 5.73 Å². The van der Waals surface area contributed by atoms with Crippen LogP contribution < -0.4 is 11.1 Å². The van der Waals surface area contributed by atoms with Crippen LogP contribution in [0.3, 0.4) is 0 Å². The van der Waals surface area contributed by atoms with Crippen molar-refractivity contribution in [1.82, 2.24) is 9.78 Å². The second-order valence-electron chi connectivity index (χ2n) is 6.97. The summed E-state index contributed by atoms with van der Waals surface area (Å²) in [6, 6.07) is 17.5. The zero-order valence-corrected chi connectivity index (χ0v) is 17.7. The molecule has 0 aliphatic rings.